The van der Waals surface area contributed by atoms with Crippen molar-refractivity contribution in [2.45, 2.75) is 25.5 Å². The van der Waals surface area contributed by atoms with Crippen LogP contribution in [0.2, 0.25) is 0 Å². The molecule has 0 saturated carbocycles. The summed E-state index contributed by atoms with van der Waals surface area (Å²) in [4.78, 5) is 22.8. The predicted octanol–water partition coefficient (Wildman–Crippen LogP) is 0.891. The largest absolute Gasteiger partial charge is 0.497 e. The molecule has 0 radical (unpaired) electrons. The Kier molecular flexibility index (Phi) is 6.48. The van der Waals surface area contributed by atoms with E-state index < -0.39 is 24.1 Å². The highest BCUT2D eigenvalue weighted by Crippen LogP contribution is 2.20. The van der Waals surface area contributed by atoms with Gasteiger partial charge in [-0.25, -0.2) is 9.59 Å². The highest BCUT2D eigenvalue weighted by molar-refractivity contribution is 5.83. The number of carboxylic acid groups (broad SMARTS) is 1. The summed E-state index contributed by atoms with van der Waals surface area (Å²) in [6.07, 6.45) is -0.632. The molecule has 2 atom stereocenters. The Labute approximate surface area is 122 Å². The smallest absolute Gasteiger partial charge is 0.329 e. The van der Waals surface area contributed by atoms with Crippen LogP contribution in [0.4, 0.5) is 4.79 Å². The van der Waals surface area contributed by atoms with E-state index in [0.29, 0.717) is 17.9 Å². The number of benzene rings is 1. The Morgan fingerprint density at radius 1 is 1.29 bits per heavy atom. The normalized spacial score (nSPS) is 13.1. The molecule has 7 heteroatoms. The zero-order chi connectivity index (χ0) is 15.8. The number of aliphatic carboxylic acids is 1. The van der Waals surface area contributed by atoms with E-state index in [2.05, 4.69) is 10.6 Å². The number of carbonyl (C=O) groups is 2. The van der Waals surface area contributed by atoms with Gasteiger partial charge in [-0.15, -0.1) is 0 Å². The third-order valence-corrected chi connectivity index (χ3v) is 2.86. The van der Waals surface area contributed by atoms with Gasteiger partial charge in [-0.1, -0.05) is 19.1 Å². The second-order valence-electron chi connectivity index (χ2n) is 4.43. The molecule has 1 rings (SSSR count). The van der Waals surface area contributed by atoms with Gasteiger partial charge in [0.15, 0.2) is 6.04 Å². The number of hydrogen-bond donors (Lipinski definition) is 4. The van der Waals surface area contributed by atoms with Crippen molar-refractivity contribution in [3.63, 3.8) is 0 Å². The number of aliphatic hydroxyl groups is 1. The van der Waals surface area contributed by atoms with Gasteiger partial charge in [-0.2, -0.15) is 0 Å². The van der Waals surface area contributed by atoms with E-state index in [9.17, 15) is 14.7 Å². The Balaban J connectivity index is 2.78. The molecular formula is C14H20N2O5. The van der Waals surface area contributed by atoms with Crippen molar-refractivity contribution in [2.24, 2.45) is 0 Å². The molecule has 116 valence electrons. The summed E-state index contributed by atoms with van der Waals surface area (Å²) in [6.45, 7) is 2.30. The number of amides is 2. The Hall–Kier alpha value is -2.28. The fourth-order valence-corrected chi connectivity index (χ4v) is 1.70. The molecule has 1 aromatic carbocycles. The highest BCUT2D eigenvalue weighted by atomic mass is 16.5. The maximum absolute atomic E-state index is 11.5. The maximum atomic E-state index is 11.5. The van der Waals surface area contributed by atoms with Crippen molar-refractivity contribution in [3.05, 3.63) is 29.8 Å². The molecule has 0 saturated heterocycles. The second kappa shape index (κ2) is 8.11. The lowest BCUT2D eigenvalue weighted by molar-refractivity contribution is -0.142. The van der Waals surface area contributed by atoms with Gasteiger partial charge in [0.1, 0.15) is 11.9 Å². The number of carbonyl (C=O) groups excluding carboxylic acids is 1. The van der Waals surface area contributed by atoms with Gasteiger partial charge < -0.3 is 25.6 Å². The fourth-order valence-electron chi connectivity index (χ4n) is 1.70. The van der Waals surface area contributed by atoms with Crippen LogP contribution in [0.5, 0.6) is 5.75 Å². The minimum atomic E-state index is -1.43. The minimum absolute atomic E-state index is 0.374. The number of carboxylic acids is 1. The number of aliphatic hydroxyl groups excluding tert-OH is 1. The van der Waals surface area contributed by atoms with Crippen LogP contribution in [0.1, 0.15) is 25.0 Å². The molecule has 0 aliphatic rings. The zero-order valence-electron chi connectivity index (χ0n) is 12.0. The van der Waals surface area contributed by atoms with Gasteiger partial charge >= 0.3 is 12.0 Å². The average molecular weight is 296 g/mol. The number of ether oxygens (including phenoxy) is 1. The first-order valence-electron chi connectivity index (χ1n) is 6.58. The van der Waals surface area contributed by atoms with Gasteiger partial charge in [0.2, 0.25) is 0 Å². The third-order valence-electron chi connectivity index (χ3n) is 2.86. The summed E-state index contributed by atoms with van der Waals surface area (Å²) in [6, 6.07) is 4.24. The Morgan fingerprint density at radius 3 is 2.38 bits per heavy atom. The Bertz CT molecular complexity index is 475. The molecule has 0 fully saturated rings. The molecule has 0 bridgehead atoms. The molecule has 0 aliphatic heterocycles. The van der Waals surface area contributed by atoms with Gasteiger partial charge in [0, 0.05) is 6.54 Å². The molecule has 1 aromatic rings. The third kappa shape index (κ3) is 4.96. The van der Waals surface area contributed by atoms with Crippen LogP contribution < -0.4 is 15.4 Å². The van der Waals surface area contributed by atoms with Crippen molar-refractivity contribution in [1.82, 2.24) is 10.6 Å². The SMILES string of the molecule is CCCNC(=O)NC(C(=O)O)C(O)c1ccc(OC)cc1. The standard InChI is InChI=1S/C14H20N2O5/c1-3-8-15-14(20)16-11(13(18)19)12(17)9-4-6-10(21-2)7-5-9/h4-7,11-12,17H,3,8H2,1-2H3,(H,18,19)(H2,15,16,20). The van der Waals surface area contributed by atoms with Crippen LogP contribution in [-0.2, 0) is 4.79 Å². The van der Waals surface area contributed by atoms with Gasteiger partial charge in [-0.3, -0.25) is 0 Å². The molecule has 0 spiro atoms. The monoisotopic (exact) mass is 296 g/mol. The summed E-state index contributed by atoms with van der Waals surface area (Å²) in [5, 5.41) is 24.0. The van der Waals surface area contributed by atoms with Gasteiger partial charge in [-0.05, 0) is 24.1 Å². The fraction of sp³-hybridized carbons (Fsp3) is 0.429. The molecule has 0 aliphatic carbocycles. The van der Waals surface area contributed by atoms with E-state index in [1.54, 1.807) is 24.3 Å². The van der Waals surface area contributed by atoms with Crippen molar-refractivity contribution in [2.75, 3.05) is 13.7 Å². The molecule has 7 nitrogen and oxygen atoms in total. The van der Waals surface area contributed by atoms with Crippen molar-refractivity contribution in [1.29, 1.82) is 0 Å². The van der Waals surface area contributed by atoms with Crippen LogP contribution in [0.15, 0.2) is 24.3 Å². The number of hydrogen-bond acceptors (Lipinski definition) is 4. The van der Waals surface area contributed by atoms with Crippen LogP contribution >= 0.6 is 0 Å². The van der Waals surface area contributed by atoms with Crippen molar-refractivity contribution < 1.29 is 24.5 Å². The van der Waals surface area contributed by atoms with E-state index >= 15 is 0 Å². The van der Waals surface area contributed by atoms with Crippen LogP contribution in [0.3, 0.4) is 0 Å². The summed E-state index contributed by atoms with van der Waals surface area (Å²) < 4.78 is 4.99. The van der Waals surface area contributed by atoms with Gasteiger partial charge in [0.05, 0.1) is 7.11 Å². The summed E-state index contributed by atoms with van der Waals surface area (Å²) in [5.41, 5.74) is 0.374. The predicted molar refractivity (Wildman–Crippen MR) is 76.2 cm³/mol. The molecule has 4 N–H and O–H groups in total. The van der Waals surface area contributed by atoms with Crippen LogP contribution in [-0.4, -0.2) is 41.9 Å². The zero-order valence-corrected chi connectivity index (χ0v) is 12.0. The molecule has 2 amide bonds. The van der Waals surface area contributed by atoms with Crippen molar-refractivity contribution >= 4 is 12.0 Å². The summed E-state index contributed by atoms with van der Waals surface area (Å²) in [5.74, 6) is -0.726. The molecule has 0 aromatic heterocycles. The molecular weight excluding hydrogens is 276 g/mol. The number of nitrogens with one attached hydrogen (secondary N) is 2. The highest BCUT2D eigenvalue weighted by Gasteiger charge is 2.29. The minimum Gasteiger partial charge on any atom is -0.497 e. The van der Waals surface area contributed by atoms with E-state index in [4.69, 9.17) is 9.84 Å². The Morgan fingerprint density at radius 2 is 1.90 bits per heavy atom. The second-order valence-corrected chi connectivity index (χ2v) is 4.43. The summed E-state index contributed by atoms with van der Waals surface area (Å²) in [7, 11) is 1.51. The average Bonchev–Trinajstić information content (AvgIpc) is 2.49. The topological polar surface area (TPSA) is 108 Å². The first-order chi connectivity index (χ1) is 9.99. The maximum Gasteiger partial charge on any atom is 0.329 e. The van der Waals surface area contributed by atoms with Crippen LogP contribution in [0, 0.1) is 0 Å². The number of urea groups is 1. The molecule has 2 unspecified atom stereocenters. The van der Waals surface area contributed by atoms with E-state index in [1.165, 1.54) is 7.11 Å². The van der Waals surface area contributed by atoms with E-state index in [-0.39, 0.29) is 0 Å². The lowest BCUT2D eigenvalue weighted by atomic mass is 10.0. The molecule has 21 heavy (non-hydrogen) atoms. The first-order valence-corrected chi connectivity index (χ1v) is 6.58. The number of methoxy groups -OCH3 is 1. The van der Waals surface area contributed by atoms with Crippen molar-refractivity contribution in [3.8, 4) is 5.75 Å². The lowest BCUT2D eigenvalue weighted by Crippen LogP contribution is -2.49. The van der Waals surface area contributed by atoms with Crippen LogP contribution in [0.25, 0.3) is 0 Å². The lowest BCUT2D eigenvalue weighted by Gasteiger charge is -2.21. The number of rotatable bonds is 7. The van der Waals surface area contributed by atoms with E-state index in [1.807, 2.05) is 6.92 Å². The van der Waals surface area contributed by atoms with Gasteiger partial charge in [0.25, 0.3) is 0 Å². The summed E-state index contributed by atoms with van der Waals surface area (Å²) >= 11 is 0. The molecule has 0 heterocycles. The first kappa shape index (κ1) is 16.8. The quantitative estimate of drug-likeness (QED) is 0.597. The van der Waals surface area contributed by atoms with E-state index in [0.717, 1.165) is 6.42 Å².